The van der Waals surface area contributed by atoms with E-state index >= 15 is 0 Å². The van der Waals surface area contributed by atoms with Crippen molar-refractivity contribution in [1.82, 2.24) is 4.90 Å². The number of Topliss-reactive ketones (excluding diaryl/α,β-unsaturated/α-hetero) is 1. The highest BCUT2D eigenvalue weighted by atomic mass is 79.9. The molecule has 10 rings (SSSR count). The minimum Gasteiger partial charge on any atom is -0.390 e. The Labute approximate surface area is 319 Å². The molecule has 0 saturated carbocycles. The van der Waals surface area contributed by atoms with Crippen molar-refractivity contribution in [2.24, 2.45) is 0 Å². The quantitative estimate of drug-likeness (QED) is 0.206. The summed E-state index contributed by atoms with van der Waals surface area (Å²) in [6.45, 7) is 5.28. The van der Waals surface area contributed by atoms with Gasteiger partial charge in [-0.25, -0.2) is 0 Å². The number of hydrogen-bond acceptors (Lipinski definition) is 7. The van der Waals surface area contributed by atoms with Crippen LogP contribution < -0.4 is 9.80 Å². The third-order valence-corrected chi connectivity index (χ3v) is 10.9. The SMILES string of the molecule is BrCC1CO1.O=C1Cc2ccccc2C1.O=C1Cc2ccccc2N1CC(O)CN1CCc2ccccc2C1.O=C1Cc2ccccc2N1CC1CO1. The lowest BCUT2D eigenvalue weighted by atomic mass is 10.00. The smallest absolute Gasteiger partial charge is 0.231 e. The lowest BCUT2D eigenvalue weighted by molar-refractivity contribution is -0.118. The number of aliphatic hydroxyl groups is 1. The summed E-state index contributed by atoms with van der Waals surface area (Å²) < 4.78 is 9.95. The van der Waals surface area contributed by atoms with Gasteiger partial charge >= 0.3 is 0 Å². The molecule has 0 radical (unpaired) electrons. The van der Waals surface area contributed by atoms with Crippen LogP contribution in [-0.4, -0.2) is 90.6 Å². The first-order valence-electron chi connectivity index (χ1n) is 18.5. The number of alkyl halides is 1. The van der Waals surface area contributed by atoms with Crippen LogP contribution in [0.2, 0.25) is 0 Å². The molecular weight excluding hydrogens is 734 g/mol. The molecule has 5 aliphatic heterocycles. The van der Waals surface area contributed by atoms with Gasteiger partial charge in [-0.2, -0.15) is 0 Å². The minimum atomic E-state index is -0.537. The van der Waals surface area contributed by atoms with Gasteiger partial charge in [0.25, 0.3) is 0 Å². The number of carbonyl (C=O) groups is 3. The first-order valence-corrected chi connectivity index (χ1v) is 19.6. The molecule has 10 heteroatoms. The van der Waals surface area contributed by atoms with E-state index in [0.29, 0.717) is 50.7 Å². The molecule has 0 spiro atoms. The van der Waals surface area contributed by atoms with E-state index in [0.717, 1.165) is 67.1 Å². The molecule has 3 atom stereocenters. The first-order chi connectivity index (χ1) is 25.8. The maximum atomic E-state index is 12.2. The molecule has 2 fully saturated rings. The summed E-state index contributed by atoms with van der Waals surface area (Å²) in [5.41, 5.74) is 9.39. The largest absolute Gasteiger partial charge is 0.390 e. The zero-order valence-corrected chi connectivity index (χ0v) is 31.5. The van der Waals surface area contributed by atoms with Gasteiger partial charge in [0, 0.05) is 49.2 Å². The normalized spacial score (nSPS) is 20.8. The molecule has 0 aromatic heterocycles. The third kappa shape index (κ3) is 9.87. The molecular formula is C43H46BrN3O6. The fourth-order valence-electron chi connectivity index (χ4n) is 7.23. The molecule has 3 unspecified atom stereocenters. The topological polar surface area (TPSA) is 106 Å². The predicted octanol–water partition coefficient (Wildman–Crippen LogP) is 5.10. The van der Waals surface area contributed by atoms with Crippen molar-refractivity contribution in [3.63, 3.8) is 0 Å². The number of amides is 2. The number of ketones is 1. The molecule has 0 bridgehead atoms. The van der Waals surface area contributed by atoms with E-state index in [1.807, 2.05) is 77.7 Å². The second kappa shape index (κ2) is 17.3. The van der Waals surface area contributed by atoms with Crippen molar-refractivity contribution < 1.29 is 29.0 Å². The Morgan fingerprint density at radius 1 is 0.623 bits per heavy atom. The maximum absolute atomic E-state index is 12.2. The molecule has 276 valence electrons. The Kier molecular flexibility index (Phi) is 12.1. The zero-order valence-electron chi connectivity index (χ0n) is 29.9. The summed E-state index contributed by atoms with van der Waals surface area (Å²) in [5.74, 6) is 0.627. The lowest BCUT2D eigenvalue weighted by Gasteiger charge is -2.31. The molecule has 1 N–H and O–H groups in total. The number of hydrogen-bond donors (Lipinski definition) is 1. The maximum Gasteiger partial charge on any atom is 0.231 e. The van der Waals surface area contributed by atoms with Gasteiger partial charge < -0.3 is 24.4 Å². The minimum absolute atomic E-state index is 0.0826. The molecule has 6 aliphatic rings. The van der Waals surface area contributed by atoms with Gasteiger partial charge in [0.2, 0.25) is 11.8 Å². The van der Waals surface area contributed by atoms with E-state index in [1.54, 1.807) is 4.90 Å². The Hall–Kier alpha value is -4.19. The number of halogens is 1. The summed E-state index contributed by atoms with van der Waals surface area (Å²) in [7, 11) is 0. The molecule has 53 heavy (non-hydrogen) atoms. The van der Waals surface area contributed by atoms with Gasteiger partial charge in [0.15, 0.2) is 0 Å². The van der Waals surface area contributed by atoms with Crippen molar-refractivity contribution in [3.05, 3.63) is 130 Å². The standard InChI is InChI=1S/C20H22N2O2.C11H11NO2.C9H8O.C3H5BrO/c23-18(13-21-10-9-15-5-1-2-7-17(15)12-21)14-22-19-8-4-3-6-16(19)11-20(22)24;13-11-5-8-3-1-2-4-10(8)12(11)6-9-7-14-9;10-9-5-7-3-1-2-4-8(7)6-9;4-1-3-2-5-3/h1-8,18,23H,9-14H2;1-4,9H,5-7H2;1-4H,5-6H2;3H,1-2H2. The number of aliphatic hydroxyl groups excluding tert-OH is 1. The Morgan fingerprint density at radius 3 is 1.66 bits per heavy atom. The van der Waals surface area contributed by atoms with Crippen LogP contribution in [0.15, 0.2) is 97.1 Å². The van der Waals surface area contributed by atoms with Crippen LogP contribution in [0, 0.1) is 0 Å². The number of ether oxygens (including phenoxy) is 2. The fraction of sp³-hybridized carbons (Fsp3) is 0.372. The lowest BCUT2D eigenvalue weighted by Crippen LogP contribution is -2.43. The highest BCUT2D eigenvalue weighted by Crippen LogP contribution is 2.30. The van der Waals surface area contributed by atoms with E-state index in [2.05, 4.69) is 45.1 Å². The zero-order chi connectivity index (χ0) is 36.7. The number of para-hydroxylation sites is 2. The number of fused-ring (bicyclic) bond motifs is 4. The predicted molar refractivity (Wildman–Crippen MR) is 209 cm³/mol. The van der Waals surface area contributed by atoms with Crippen LogP contribution in [0.3, 0.4) is 0 Å². The van der Waals surface area contributed by atoms with Crippen molar-refractivity contribution in [1.29, 1.82) is 0 Å². The summed E-state index contributed by atoms with van der Waals surface area (Å²) in [4.78, 5) is 40.6. The molecule has 9 nitrogen and oxygen atoms in total. The highest BCUT2D eigenvalue weighted by molar-refractivity contribution is 9.09. The van der Waals surface area contributed by atoms with Gasteiger partial charge in [0.05, 0.1) is 57.5 Å². The van der Waals surface area contributed by atoms with Crippen LogP contribution in [0.1, 0.15) is 33.4 Å². The van der Waals surface area contributed by atoms with Gasteiger partial charge in [-0.1, -0.05) is 101 Å². The second-order valence-electron chi connectivity index (χ2n) is 14.3. The van der Waals surface area contributed by atoms with Gasteiger partial charge in [-0.15, -0.1) is 0 Å². The average Bonchev–Trinajstić information content (AvgIpc) is 4.09. The molecule has 1 aliphatic carbocycles. The van der Waals surface area contributed by atoms with Crippen LogP contribution in [-0.2, 0) is 62.5 Å². The number of anilines is 2. The molecule has 2 amide bonds. The summed E-state index contributed by atoms with van der Waals surface area (Å²) in [5, 5.41) is 11.5. The second-order valence-corrected chi connectivity index (χ2v) is 14.9. The summed E-state index contributed by atoms with van der Waals surface area (Å²) in [6.07, 6.45) is 3.59. The van der Waals surface area contributed by atoms with E-state index in [-0.39, 0.29) is 17.9 Å². The first kappa shape index (κ1) is 37.1. The van der Waals surface area contributed by atoms with Crippen molar-refractivity contribution in [2.75, 3.05) is 54.5 Å². The Morgan fingerprint density at radius 2 is 1.11 bits per heavy atom. The fourth-order valence-corrected chi connectivity index (χ4v) is 7.61. The number of nitrogens with zero attached hydrogens (tertiary/aromatic N) is 3. The van der Waals surface area contributed by atoms with Gasteiger partial charge in [-0.05, 0) is 51.9 Å². The molecule has 5 heterocycles. The van der Waals surface area contributed by atoms with Crippen LogP contribution >= 0.6 is 15.9 Å². The van der Waals surface area contributed by atoms with Crippen molar-refractivity contribution in [3.8, 4) is 0 Å². The van der Waals surface area contributed by atoms with Crippen LogP contribution in [0.25, 0.3) is 0 Å². The molecule has 4 aromatic rings. The summed E-state index contributed by atoms with van der Waals surface area (Å²) in [6, 6.07) is 32.3. The third-order valence-electron chi connectivity index (χ3n) is 10.2. The van der Waals surface area contributed by atoms with Gasteiger partial charge in [0.1, 0.15) is 5.78 Å². The van der Waals surface area contributed by atoms with Crippen molar-refractivity contribution in [2.45, 2.75) is 57.0 Å². The number of epoxide rings is 2. The number of β-amino-alcohol motifs (C(OH)–C–C–N with tert-alkyl or cyclic N) is 1. The van der Waals surface area contributed by atoms with Gasteiger partial charge in [-0.3, -0.25) is 19.3 Å². The molecule has 2 saturated heterocycles. The van der Waals surface area contributed by atoms with E-state index in [1.165, 1.54) is 22.3 Å². The van der Waals surface area contributed by atoms with E-state index < -0.39 is 6.10 Å². The Bertz CT molecular complexity index is 1900. The number of carbonyl (C=O) groups excluding carboxylic acids is 3. The number of benzene rings is 4. The van der Waals surface area contributed by atoms with Crippen LogP contribution in [0.4, 0.5) is 11.4 Å². The Balaban J connectivity index is 0.000000125. The van der Waals surface area contributed by atoms with E-state index in [9.17, 15) is 19.5 Å². The number of rotatable bonds is 7. The van der Waals surface area contributed by atoms with Crippen LogP contribution in [0.5, 0.6) is 0 Å². The monoisotopic (exact) mass is 779 g/mol. The summed E-state index contributed by atoms with van der Waals surface area (Å²) >= 11 is 3.25. The van der Waals surface area contributed by atoms with E-state index in [4.69, 9.17) is 9.47 Å². The molecule has 4 aromatic carbocycles. The highest BCUT2D eigenvalue weighted by Gasteiger charge is 2.33. The average molecular weight is 781 g/mol. The van der Waals surface area contributed by atoms with Crippen molar-refractivity contribution >= 4 is 44.9 Å².